The Morgan fingerprint density at radius 1 is 0.739 bits per heavy atom. The first kappa shape index (κ1) is 59.0. The van der Waals surface area contributed by atoms with E-state index in [-0.39, 0.29) is 25.2 Å². The molecule has 1 aromatic carbocycles. The molecule has 0 saturated carbocycles. The fraction of sp³-hybridized carbons (Fsp3) is 0.673. The Hall–Kier alpha value is -6.08. The lowest BCUT2D eigenvalue weighted by molar-refractivity contribution is -0.163. The maximum absolute atomic E-state index is 14.5. The molecule has 69 heavy (non-hydrogen) atoms. The van der Waals surface area contributed by atoms with Gasteiger partial charge in [0.1, 0.15) is 35.3 Å². The third-order valence-electron chi connectivity index (χ3n) is 12.7. The van der Waals surface area contributed by atoms with E-state index in [2.05, 4.69) is 31.9 Å². The minimum Gasteiger partial charge on any atom is -0.497 e. The van der Waals surface area contributed by atoms with Gasteiger partial charge in [-0.3, -0.25) is 47.9 Å². The predicted octanol–water partition coefficient (Wildman–Crippen LogP) is 1.42. The van der Waals surface area contributed by atoms with Crippen molar-refractivity contribution < 1.29 is 57.4 Å². The van der Waals surface area contributed by atoms with Crippen LogP contribution in [0.4, 0.5) is 0 Å². The molecule has 9 atom stereocenters. The molecule has 1 fully saturated rings. The lowest BCUT2D eigenvalue weighted by Crippen LogP contribution is -2.60. The molecule has 386 valence electrons. The number of carbonyl (C=O) groups is 10. The maximum atomic E-state index is 14.5. The summed E-state index contributed by atoms with van der Waals surface area (Å²) >= 11 is 0. The highest BCUT2D eigenvalue weighted by Gasteiger charge is 2.43. The van der Waals surface area contributed by atoms with Crippen molar-refractivity contribution in [2.45, 2.75) is 151 Å². The van der Waals surface area contributed by atoms with Gasteiger partial charge in [-0.1, -0.05) is 60.6 Å². The molecule has 1 unspecified atom stereocenters. The number of likely N-dealkylation sites (N-methyl/N-ethyl adjacent to an activating group) is 2. The summed E-state index contributed by atoms with van der Waals surface area (Å²) in [5, 5.41) is 15.7. The number of ether oxygens (including phenoxy) is 2. The number of carbonyl (C=O) groups excluding carboxylic acids is 10. The van der Waals surface area contributed by atoms with Gasteiger partial charge >= 0.3 is 5.97 Å². The molecule has 1 aromatic rings. The van der Waals surface area contributed by atoms with Crippen LogP contribution in [0, 0.1) is 29.1 Å². The number of Topliss-reactive ketones (excluding diaryl/α,β-unsaturated/α-hetero) is 1. The van der Waals surface area contributed by atoms with Crippen molar-refractivity contribution in [1.29, 1.82) is 0 Å². The Morgan fingerprint density at radius 2 is 1.33 bits per heavy atom. The topological polar surface area (TPSA) is 268 Å². The Morgan fingerprint density at radius 3 is 1.87 bits per heavy atom. The lowest BCUT2D eigenvalue weighted by atomic mass is 9.83. The molecular formula is C49H78N8O12. The van der Waals surface area contributed by atoms with Crippen molar-refractivity contribution in [2.75, 3.05) is 34.3 Å². The highest BCUT2D eigenvalue weighted by Crippen LogP contribution is 2.23. The molecule has 6 N–H and O–H groups in total. The van der Waals surface area contributed by atoms with E-state index in [9.17, 15) is 47.9 Å². The van der Waals surface area contributed by atoms with Crippen LogP contribution in [-0.2, 0) is 59.1 Å². The summed E-state index contributed by atoms with van der Waals surface area (Å²) in [6.45, 7) is 18.2. The van der Waals surface area contributed by atoms with Crippen LogP contribution in [0.25, 0.3) is 0 Å². The van der Waals surface area contributed by atoms with Crippen molar-refractivity contribution in [1.82, 2.24) is 41.7 Å². The smallest absolute Gasteiger partial charge is 0.311 e. The first-order valence-electron chi connectivity index (χ1n) is 23.8. The molecule has 0 spiro atoms. The van der Waals surface area contributed by atoms with Gasteiger partial charge < -0.3 is 51.2 Å². The number of nitrogens with zero attached hydrogens (tertiary/aromatic N) is 2. The van der Waals surface area contributed by atoms with Gasteiger partial charge in [0.15, 0.2) is 11.9 Å². The lowest BCUT2D eigenvalue weighted by Gasteiger charge is -2.37. The molecule has 1 saturated heterocycles. The van der Waals surface area contributed by atoms with E-state index in [1.165, 1.54) is 65.6 Å². The van der Waals surface area contributed by atoms with Crippen LogP contribution in [0.1, 0.15) is 108 Å². The molecule has 20 nitrogen and oxygen atoms in total. The summed E-state index contributed by atoms with van der Waals surface area (Å²) in [6, 6.07) is -0.000837. The van der Waals surface area contributed by atoms with Gasteiger partial charge in [0.2, 0.25) is 41.4 Å². The Bertz CT molecular complexity index is 2010. The molecule has 0 aliphatic carbocycles. The second-order valence-electron chi connectivity index (χ2n) is 19.4. The van der Waals surface area contributed by atoms with Gasteiger partial charge in [0.25, 0.3) is 5.91 Å². The highest BCUT2D eigenvalue weighted by atomic mass is 16.5. The molecule has 1 aliphatic rings. The number of hydrogen-bond acceptors (Lipinski definition) is 12. The molecule has 0 radical (unpaired) electrons. The number of rotatable bonds is 9. The summed E-state index contributed by atoms with van der Waals surface area (Å²) in [7, 11) is 4.30. The van der Waals surface area contributed by atoms with Crippen molar-refractivity contribution >= 4 is 59.0 Å². The van der Waals surface area contributed by atoms with Gasteiger partial charge in [-0.25, -0.2) is 0 Å². The fourth-order valence-corrected chi connectivity index (χ4v) is 7.83. The third kappa shape index (κ3) is 16.5. The van der Waals surface area contributed by atoms with Gasteiger partial charge in [0, 0.05) is 32.5 Å². The van der Waals surface area contributed by atoms with Crippen LogP contribution < -0.4 is 36.6 Å². The van der Waals surface area contributed by atoms with Crippen LogP contribution in [0.3, 0.4) is 0 Å². The number of hydrogen-bond donors (Lipinski definition) is 6. The molecule has 0 bridgehead atoms. The van der Waals surface area contributed by atoms with Gasteiger partial charge in [-0.2, -0.15) is 0 Å². The minimum atomic E-state index is -1.79. The zero-order chi connectivity index (χ0) is 52.7. The molecule has 2 rings (SSSR count). The van der Waals surface area contributed by atoms with E-state index in [1.54, 1.807) is 58.9 Å². The number of methoxy groups -OCH3 is 1. The molecule has 8 amide bonds. The fourth-order valence-electron chi connectivity index (χ4n) is 7.83. The average Bonchev–Trinajstić information content (AvgIpc) is 3.30. The number of ketones is 1. The number of cyclic esters (lactones) is 1. The van der Waals surface area contributed by atoms with Gasteiger partial charge in [-0.05, 0) is 83.4 Å². The van der Waals surface area contributed by atoms with Crippen molar-refractivity contribution in [3.05, 3.63) is 29.8 Å². The number of benzene rings is 1. The molecular weight excluding hydrogens is 893 g/mol. The largest absolute Gasteiger partial charge is 0.497 e. The number of nitrogens with one attached hydrogen (secondary N) is 6. The summed E-state index contributed by atoms with van der Waals surface area (Å²) in [4.78, 5) is 140. The SMILES string of the molecule is CC[C@H](C)[C@@H]1OC(=O)[C@@H](C)[C@@H](CC)NC(=O)[C@H](C)NC(=O)C(C)(C)C(=O)C(C)NC(=O)[C@H](Cc2ccc(OC)cc2)N(C)C(=O)[C@H](C(C)C)N(C)C(=O)CNC(=O)[C@H](CC(C)C)NC(=O)CNC1=O. The van der Waals surface area contributed by atoms with Crippen LogP contribution in [-0.4, -0.2) is 145 Å². The van der Waals surface area contributed by atoms with Crippen LogP contribution >= 0.6 is 0 Å². The average molecular weight is 971 g/mol. The van der Waals surface area contributed by atoms with Gasteiger partial charge in [-0.15, -0.1) is 0 Å². The van der Waals surface area contributed by atoms with E-state index < -0.39 is 138 Å². The number of amides is 8. The first-order valence-corrected chi connectivity index (χ1v) is 23.8. The second kappa shape index (κ2) is 26.6. The van der Waals surface area contributed by atoms with E-state index in [0.29, 0.717) is 17.7 Å². The zero-order valence-corrected chi connectivity index (χ0v) is 43.2. The first-order chi connectivity index (χ1) is 32.1. The van der Waals surface area contributed by atoms with Crippen LogP contribution in [0.2, 0.25) is 0 Å². The molecule has 1 aliphatic heterocycles. The third-order valence-corrected chi connectivity index (χ3v) is 12.7. The predicted molar refractivity (Wildman–Crippen MR) is 257 cm³/mol. The van der Waals surface area contributed by atoms with Crippen LogP contribution in [0.5, 0.6) is 5.75 Å². The summed E-state index contributed by atoms with van der Waals surface area (Å²) < 4.78 is 11.0. The highest BCUT2D eigenvalue weighted by molar-refractivity contribution is 6.09. The molecule has 0 aromatic heterocycles. The summed E-state index contributed by atoms with van der Waals surface area (Å²) in [5.41, 5.74) is -1.16. The zero-order valence-electron chi connectivity index (χ0n) is 43.2. The summed E-state index contributed by atoms with van der Waals surface area (Å²) in [6.07, 6.45) is -0.528. The molecule has 20 heteroatoms. The van der Waals surface area contributed by atoms with E-state index >= 15 is 0 Å². The maximum Gasteiger partial charge on any atom is 0.311 e. The Balaban J connectivity index is 2.65. The normalized spacial score (nSPS) is 26.8. The van der Waals surface area contributed by atoms with Crippen molar-refractivity contribution in [2.24, 2.45) is 29.1 Å². The number of esters is 1. The second-order valence-corrected chi connectivity index (χ2v) is 19.4. The monoisotopic (exact) mass is 971 g/mol. The summed E-state index contributed by atoms with van der Waals surface area (Å²) in [5.74, 6) is -8.72. The van der Waals surface area contributed by atoms with E-state index in [1.807, 2.05) is 13.8 Å². The molecule has 1 heterocycles. The van der Waals surface area contributed by atoms with Gasteiger partial charge in [0.05, 0.1) is 32.2 Å². The van der Waals surface area contributed by atoms with E-state index in [0.717, 1.165) is 0 Å². The van der Waals surface area contributed by atoms with Crippen molar-refractivity contribution in [3.8, 4) is 5.75 Å². The van der Waals surface area contributed by atoms with E-state index in [4.69, 9.17) is 9.47 Å². The standard InChI is InChI=1S/C49H78N8O12/c1-16-28(7)40-45(64)50-24-37(58)54-35(22-26(3)4)43(62)51-25-38(59)57(14)39(27(5)6)46(65)56(13)36(23-32-18-20-33(68-15)21-19-32)44(63)52-30(9)41(60)49(11,12)48(67)53-31(10)42(61)55-34(17-2)29(8)47(66)69-40/h18-21,26-31,34-36,39-40H,16-17,22-25H2,1-15H3,(H,50,64)(H,51,62)(H,52,63)(H,53,67)(H,54,58)(H,55,61)/t28-,29-,30?,31-,34+,35-,36-,39-,40-/m0/s1. The Kier molecular flexibility index (Phi) is 22.8. The van der Waals surface area contributed by atoms with Crippen LogP contribution in [0.15, 0.2) is 24.3 Å². The minimum absolute atomic E-state index is 0.0335. The Labute approximate surface area is 407 Å². The van der Waals surface area contributed by atoms with Crippen molar-refractivity contribution in [3.63, 3.8) is 0 Å². The quantitative estimate of drug-likeness (QED) is 0.152.